The zero-order valence-corrected chi connectivity index (χ0v) is 11.8. The molecule has 0 saturated heterocycles. The summed E-state index contributed by atoms with van der Waals surface area (Å²) in [7, 11) is 0. The summed E-state index contributed by atoms with van der Waals surface area (Å²) in [6.45, 7) is 3.85. The molecule has 2 rings (SSSR count). The van der Waals surface area contributed by atoms with Crippen molar-refractivity contribution in [1.29, 1.82) is 0 Å². The summed E-state index contributed by atoms with van der Waals surface area (Å²) in [6.07, 6.45) is 1.64. The lowest BCUT2D eigenvalue weighted by Crippen LogP contribution is -2.16. The van der Waals surface area contributed by atoms with E-state index in [1.54, 1.807) is 12.3 Å². The number of amides is 1. The van der Waals surface area contributed by atoms with Crippen LogP contribution in [0, 0.1) is 13.8 Å². The van der Waals surface area contributed by atoms with Gasteiger partial charge in [0.05, 0.1) is 4.47 Å². The predicted octanol–water partition coefficient (Wildman–Crippen LogP) is 3.71. The Morgan fingerprint density at radius 2 is 1.83 bits per heavy atom. The van der Waals surface area contributed by atoms with E-state index in [2.05, 4.69) is 26.2 Å². The van der Waals surface area contributed by atoms with Gasteiger partial charge in [0.15, 0.2) is 0 Å². The lowest BCUT2D eigenvalue weighted by Gasteiger charge is -2.10. The Morgan fingerprint density at radius 3 is 2.44 bits per heavy atom. The zero-order chi connectivity index (χ0) is 13.1. The number of aryl methyl sites for hydroxylation is 2. The van der Waals surface area contributed by atoms with Gasteiger partial charge in [-0.1, -0.05) is 18.2 Å². The highest BCUT2D eigenvalue weighted by molar-refractivity contribution is 9.10. The largest absolute Gasteiger partial charge is 0.306 e. The molecule has 0 radical (unpaired) electrons. The second-order valence-corrected chi connectivity index (χ2v) is 4.91. The molecule has 3 nitrogen and oxygen atoms in total. The van der Waals surface area contributed by atoms with Gasteiger partial charge in [-0.3, -0.25) is 4.79 Å². The standard InChI is InChI=1S/C14H13BrN2O/c1-9-5-3-6-10(2)12(9)14(18)17-13-11(15)7-4-8-16-13/h3-8H,1-2H3,(H,16,17,18). The van der Waals surface area contributed by atoms with Crippen molar-refractivity contribution in [2.24, 2.45) is 0 Å². The number of carbonyl (C=O) groups is 1. The summed E-state index contributed by atoms with van der Waals surface area (Å²) in [5.41, 5.74) is 2.62. The van der Waals surface area contributed by atoms with Crippen LogP contribution in [0.3, 0.4) is 0 Å². The number of aromatic nitrogens is 1. The normalized spacial score (nSPS) is 10.2. The van der Waals surface area contributed by atoms with E-state index in [0.29, 0.717) is 11.4 Å². The average molecular weight is 305 g/mol. The lowest BCUT2D eigenvalue weighted by molar-refractivity contribution is 0.102. The fourth-order valence-corrected chi connectivity index (χ4v) is 2.17. The summed E-state index contributed by atoms with van der Waals surface area (Å²) in [6, 6.07) is 9.44. The Bertz CT molecular complexity index is 576. The number of hydrogen-bond donors (Lipinski definition) is 1. The minimum Gasteiger partial charge on any atom is -0.306 e. The van der Waals surface area contributed by atoms with Gasteiger partial charge in [-0.05, 0) is 53.0 Å². The molecule has 1 heterocycles. The third-order valence-electron chi connectivity index (χ3n) is 2.70. The number of rotatable bonds is 2. The molecule has 1 N–H and O–H groups in total. The third kappa shape index (κ3) is 2.59. The van der Waals surface area contributed by atoms with Crippen LogP contribution in [0.1, 0.15) is 21.5 Å². The molecule has 0 spiro atoms. The first-order valence-corrected chi connectivity index (χ1v) is 6.37. The van der Waals surface area contributed by atoms with Crippen molar-refractivity contribution >= 4 is 27.7 Å². The van der Waals surface area contributed by atoms with Crippen LogP contribution in [0.4, 0.5) is 5.82 Å². The molecule has 0 aliphatic rings. The summed E-state index contributed by atoms with van der Waals surface area (Å²) in [5.74, 6) is 0.398. The number of halogens is 1. The Morgan fingerprint density at radius 1 is 1.17 bits per heavy atom. The minimum atomic E-state index is -0.134. The number of benzene rings is 1. The highest BCUT2D eigenvalue weighted by Gasteiger charge is 2.13. The van der Waals surface area contributed by atoms with Crippen molar-refractivity contribution in [1.82, 2.24) is 4.98 Å². The van der Waals surface area contributed by atoms with Gasteiger partial charge in [0, 0.05) is 11.8 Å². The highest BCUT2D eigenvalue weighted by Crippen LogP contribution is 2.20. The molecule has 0 fully saturated rings. The molecule has 0 atom stereocenters. The van der Waals surface area contributed by atoms with Crippen molar-refractivity contribution in [2.75, 3.05) is 5.32 Å². The van der Waals surface area contributed by atoms with Crippen LogP contribution in [0.25, 0.3) is 0 Å². The molecule has 2 aromatic rings. The van der Waals surface area contributed by atoms with E-state index >= 15 is 0 Å². The van der Waals surface area contributed by atoms with E-state index in [-0.39, 0.29) is 5.91 Å². The van der Waals surface area contributed by atoms with E-state index < -0.39 is 0 Å². The molecular weight excluding hydrogens is 292 g/mol. The van der Waals surface area contributed by atoms with Gasteiger partial charge in [-0.25, -0.2) is 4.98 Å². The minimum absolute atomic E-state index is 0.134. The SMILES string of the molecule is Cc1cccc(C)c1C(=O)Nc1ncccc1Br. The van der Waals surface area contributed by atoms with Gasteiger partial charge in [0.1, 0.15) is 5.82 Å². The highest BCUT2D eigenvalue weighted by atomic mass is 79.9. The van der Waals surface area contributed by atoms with Crippen molar-refractivity contribution in [2.45, 2.75) is 13.8 Å². The Kier molecular flexibility index (Phi) is 3.77. The first kappa shape index (κ1) is 12.8. The van der Waals surface area contributed by atoms with Crippen LogP contribution < -0.4 is 5.32 Å². The summed E-state index contributed by atoms with van der Waals surface area (Å²) in [4.78, 5) is 16.4. The second kappa shape index (κ2) is 5.31. The summed E-state index contributed by atoms with van der Waals surface area (Å²) in [5, 5.41) is 2.81. The van der Waals surface area contributed by atoms with E-state index in [0.717, 1.165) is 15.6 Å². The molecule has 4 heteroatoms. The van der Waals surface area contributed by atoms with Gasteiger partial charge < -0.3 is 5.32 Å². The maximum Gasteiger partial charge on any atom is 0.257 e. The average Bonchev–Trinajstić information content (AvgIpc) is 2.32. The fraction of sp³-hybridized carbons (Fsp3) is 0.143. The summed E-state index contributed by atoms with van der Waals surface area (Å²) >= 11 is 3.36. The van der Waals surface area contributed by atoms with Gasteiger partial charge in [0.25, 0.3) is 5.91 Å². The molecule has 18 heavy (non-hydrogen) atoms. The fourth-order valence-electron chi connectivity index (χ4n) is 1.82. The van der Waals surface area contributed by atoms with Gasteiger partial charge in [-0.2, -0.15) is 0 Å². The smallest absolute Gasteiger partial charge is 0.257 e. The number of hydrogen-bond acceptors (Lipinski definition) is 2. The van der Waals surface area contributed by atoms with Crippen LogP contribution in [-0.2, 0) is 0 Å². The Labute approximate surface area is 114 Å². The van der Waals surface area contributed by atoms with E-state index in [9.17, 15) is 4.79 Å². The molecular formula is C14H13BrN2O. The molecule has 92 valence electrons. The molecule has 0 aliphatic heterocycles. The predicted molar refractivity (Wildman–Crippen MR) is 75.8 cm³/mol. The monoisotopic (exact) mass is 304 g/mol. The molecule has 0 bridgehead atoms. The van der Waals surface area contributed by atoms with Crippen LogP contribution in [-0.4, -0.2) is 10.9 Å². The van der Waals surface area contributed by atoms with Crippen LogP contribution in [0.15, 0.2) is 41.0 Å². The van der Waals surface area contributed by atoms with Gasteiger partial charge in [-0.15, -0.1) is 0 Å². The van der Waals surface area contributed by atoms with Crippen LogP contribution in [0.2, 0.25) is 0 Å². The maximum absolute atomic E-state index is 12.2. The molecule has 1 amide bonds. The van der Waals surface area contributed by atoms with Crippen LogP contribution in [0.5, 0.6) is 0 Å². The van der Waals surface area contributed by atoms with E-state index in [1.807, 2.05) is 38.1 Å². The Balaban J connectivity index is 2.31. The summed E-state index contributed by atoms with van der Waals surface area (Å²) < 4.78 is 0.768. The quantitative estimate of drug-likeness (QED) is 0.919. The van der Waals surface area contributed by atoms with E-state index in [4.69, 9.17) is 0 Å². The van der Waals surface area contributed by atoms with Gasteiger partial charge >= 0.3 is 0 Å². The first-order valence-electron chi connectivity index (χ1n) is 5.57. The van der Waals surface area contributed by atoms with E-state index in [1.165, 1.54) is 0 Å². The number of nitrogens with zero attached hydrogens (tertiary/aromatic N) is 1. The van der Waals surface area contributed by atoms with Crippen LogP contribution >= 0.6 is 15.9 Å². The van der Waals surface area contributed by atoms with Gasteiger partial charge in [0.2, 0.25) is 0 Å². The molecule has 1 aromatic heterocycles. The topological polar surface area (TPSA) is 42.0 Å². The number of anilines is 1. The molecule has 1 aromatic carbocycles. The molecule has 0 unspecified atom stereocenters. The van der Waals surface area contributed by atoms with Crippen molar-refractivity contribution in [3.63, 3.8) is 0 Å². The first-order chi connectivity index (χ1) is 8.59. The maximum atomic E-state index is 12.2. The van der Waals surface area contributed by atoms with Crippen molar-refractivity contribution in [3.8, 4) is 0 Å². The lowest BCUT2D eigenvalue weighted by atomic mass is 10.0. The zero-order valence-electron chi connectivity index (χ0n) is 10.2. The second-order valence-electron chi connectivity index (χ2n) is 4.05. The Hall–Kier alpha value is -1.68. The van der Waals surface area contributed by atoms with Crippen molar-refractivity contribution < 1.29 is 4.79 Å². The third-order valence-corrected chi connectivity index (χ3v) is 3.34. The molecule has 0 aliphatic carbocycles. The van der Waals surface area contributed by atoms with Crippen molar-refractivity contribution in [3.05, 3.63) is 57.7 Å². The number of nitrogens with one attached hydrogen (secondary N) is 1. The number of pyridine rings is 1. The number of carbonyl (C=O) groups excluding carboxylic acids is 1. The molecule has 0 saturated carbocycles.